The minimum absolute atomic E-state index is 0.235. The van der Waals surface area contributed by atoms with Crippen LogP contribution >= 0.6 is 23.4 Å². The van der Waals surface area contributed by atoms with Crippen molar-refractivity contribution in [3.8, 4) is 11.5 Å². The molecule has 0 unspecified atom stereocenters. The molecule has 0 spiro atoms. The summed E-state index contributed by atoms with van der Waals surface area (Å²) in [6.45, 7) is 0.345. The number of benzene rings is 3. The van der Waals surface area contributed by atoms with Gasteiger partial charge in [-0.05, 0) is 71.9 Å². The van der Waals surface area contributed by atoms with E-state index in [0.29, 0.717) is 35.2 Å². The molecule has 7 nitrogen and oxygen atoms in total. The Labute approximate surface area is 211 Å². The van der Waals surface area contributed by atoms with Crippen molar-refractivity contribution in [3.05, 3.63) is 94.4 Å². The lowest BCUT2D eigenvalue weighted by molar-refractivity contribution is -0.127. The molecule has 3 amide bonds. The van der Waals surface area contributed by atoms with Crippen molar-refractivity contribution in [1.29, 1.82) is 0 Å². The first-order chi connectivity index (χ1) is 17.0. The molecule has 0 bridgehead atoms. The first-order valence-electron chi connectivity index (χ1n) is 10.7. The van der Waals surface area contributed by atoms with Crippen LogP contribution in [-0.2, 0) is 9.59 Å². The SMILES string of the molecule is O=C(CN1C(=O)S/C(=C/c2cccc(OCCOc3ccccc3)c2)C1=O)Nc1ccc(Cl)cc1. The van der Waals surface area contributed by atoms with Gasteiger partial charge < -0.3 is 14.8 Å². The lowest BCUT2D eigenvalue weighted by Crippen LogP contribution is -2.36. The molecule has 178 valence electrons. The fraction of sp³-hybridized carbons (Fsp3) is 0.115. The van der Waals surface area contributed by atoms with Gasteiger partial charge in [0, 0.05) is 10.7 Å². The van der Waals surface area contributed by atoms with Crippen LogP contribution in [0.4, 0.5) is 10.5 Å². The van der Waals surface area contributed by atoms with Crippen LogP contribution < -0.4 is 14.8 Å². The summed E-state index contributed by atoms with van der Waals surface area (Å²) >= 11 is 6.63. The molecule has 0 saturated carbocycles. The highest BCUT2D eigenvalue weighted by molar-refractivity contribution is 8.18. The van der Waals surface area contributed by atoms with Gasteiger partial charge in [0.15, 0.2) is 0 Å². The standard InChI is InChI=1S/C26H21ClN2O5S/c27-19-9-11-20(12-10-19)28-24(30)17-29-25(31)23(35-26(29)32)16-18-5-4-8-22(15-18)34-14-13-33-21-6-2-1-3-7-21/h1-12,15-16H,13-14,17H2,(H,28,30)/b23-16+. The molecule has 1 aliphatic heterocycles. The highest BCUT2D eigenvalue weighted by atomic mass is 35.5. The van der Waals surface area contributed by atoms with Crippen LogP contribution in [0.5, 0.6) is 11.5 Å². The predicted molar refractivity (Wildman–Crippen MR) is 137 cm³/mol. The number of ether oxygens (including phenoxy) is 2. The van der Waals surface area contributed by atoms with Crippen LogP contribution in [0.1, 0.15) is 5.56 Å². The molecular weight excluding hydrogens is 488 g/mol. The number of halogens is 1. The molecule has 0 atom stereocenters. The van der Waals surface area contributed by atoms with Gasteiger partial charge in [0.2, 0.25) is 5.91 Å². The van der Waals surface area contributed by atoms with Gasteiger partial charge in [0.1, 0.15) is 31.3 Å². The molecule has 0 aliphatic carbocycles. The molecule has 1 N–H and O–H groups in total. The molecular formula is C26H21ClN2O5S. The number of hydrogen-bond donors (Lipinski definition) is 1. The van der Waals surface area contributed by atoms with E-state index in [1.807, 2.05) is 30.3 Å². The fourth-order valence-electron chi connectivity index (χ4n) is 3.19. The van der Waals surface area contributed by atoms with E-state index in [4.69, 9.17) is 21.1 Å². The van der Waals surface area contributed by atoms with E-state index in [0.717, 1.165) is 22.4 Å². The van der Waals surface area contributed by atoms with Gasteiger partial charge in [-0.2, -0.15) is 0 Å². The molecule has 1 aliphatic rings. The van der Waals surface area contributed by atoms with Crippen LogP contribution in [0.3, 0.4) is 0 Å². The first-order valence-corrected chi connectivity index (χ1v) is 11.9. The van der Waals surface area contributed by atoms with Crippen molar-refractivity contribution in [2.45, 2.75) is 0 Å². The number of rotatable bonds is 9. The summed E-state index contributed by atoms with van der Waals surface area (Å²) in [4.78, 5) is 38.6. The fourth-order valence-corrected chi connectivity index (χ4v) is 4.16. The van der Waals surface area contributed by atoms with Crippen LogP contribution in [0.2, 0.25) is 5.02 Å². The van der Waals surface area contributed by atoms with Crippen LogP contribution in [0, 0.1) is 0 Å². The van der Waals surface area contributed by atoms with E-state index in [-0.39, 0.29) is 11.4 Å². The van der Waals surface area contributed by atoms with Crippen molar-refractivity contribution in [1.82, 2.24) is 4.90 Å². The van der Waals surface area contributed by atoms with Crippen molar-refractivity contribution >= 4 is 52.2 Å². The van der Waals surface area contributed by atoms with Gasteiger partial charge in [-0.15, -0.1) is 0 Å². The third kappa shape index (κ3) is 6.88. The van der Waals surface area contributed by atoms with Crippen molar-refractivity contribution in [3.63, 3.8) is 0 Å². The van der Waals surface area contributed by atoms with Crippen molar-refractivity contribution in [2.75, 3.05) is 25.1 Å². The average Bonchev–Trinajstić information content (AvgIpc) is 3.11. The maximum Gasteiger partial charge on any atom is 0.294 e. The molecule has 1 saturated heterocycles. The summed E-state index contributed by atoms with van der Waals surface area (Å²) in [6, 6.07) is 23.1. The van der Waals surface area contributed by atoms with E-state index in [1.54, 1.807) is 54.6 Å². The van der Waals surface area contributed by atoms with Gasteiger partial charge >= 0.3 is 0 Å². The normalized spacial score (nSPS) is 14.3. The Morgan fingerprint density at radius 2 is 1.60 bits per heavy atom. The quantitative estimate of drug-likeness (QED) is 0.304. The van der Waals surface area contributed by atoms with Crippen LogP contribution in [0.25, 0.3) is 6.08 Å². The smallest absolute Gasteiger partial charge is 0.294 e. The number of carbonyl (C=O) groups excluding carboxylic acids is 3. The Morgan fingerprint density at radius 1 is 0.914 bits per heavy atom. The monoisotopic (exact) mass is 508 g/mol. The maximum atomic E-state index is 12.8. The Balaban J connectivity index is 1.32. The number of thioether (sulfide) groups is 1. The number of nitrogens with one attached hydrogen (secondary N) is 1. The predicted octanol–water partition coefficient (Wildman–Crippen LogP) is 5.47. The first kappa shape index (κ1) is 24.4. The van der Waals surface area contributed by atoms with Crippen molar-refractivity contribution in [2.24, 2.45) is 0 Å². The summed E-state index contributed by atoms with van der Waals surface area (Å²) in [6.07, 6.45) is 1.61. The third-order valence-corrected chi connectivity index (χ3v) is 5.98. The number of hydrogen-bond acceptors (Lipinski definition) is 6. The van der Waals surface area contributed by atoms with Gasteiger partial charge in [-0.1, -0.05) is 41.9 Å². The number of imide groups is 1. The number of nitrogens with zero attached hydrogens (tertiary/aromatic N) is 1. The van der Waals surface area contributed by atoms with Crippen molar-refractivity contribution < 1.29 is 23.9 Å². The molecule has 3 aromatic carbocycles. The van der Waals surface area contributed by atoms with Gasteiger partial charge in [-0.25, -0.2) is 0 Å². The number of anilines is 1. The van der Waals surface area contributed by atoms with Crippen LogP contribution in [-0.4, -0.2) is 41.7 Å². The Kier molecular flexibility index (Phi) is 8.07. The summed E-state index contributed by atoms with van der Waals surface area (Å²) in [5.41, 5.74) is 1.22. The minimum Gasteiger partial charge on any atom is -0.490 e. The van der Waals surface area contributed by atoms with Gasteiger partial charge in [0.25, 0.3) is 11.1 Å². The highest BCUT2D eigenvalue weighted by Gasteiger charge is 2.36. The summed E-state index contributed by atoms with van der Waals surface area (Å²) in [7, 11) is 0. The number of para-hydroxylation sites is 1. The zero-order valence-electron chi connectivity index (χ0n) is 18.5. The molecule has 0 aromatic heterocycles. The van der Waals surface area contributed by atoms with E-state index in [1.165, 1.54) is 0 Å². The number of carbonyl (C=O) groups is 3. The topological polar surface area (TPSA) is 84.9 Å². The molecule has 35 heavy (non-hydrogen) atoms. The summed E-state index contributed by atoms with van der Waals surface area (Å²) in [5.74, 6) is 0.372. The molecule has 0 radical (unpaired) electrons. The second kappa shape index (κ2) is 11.6. The number of amides is 3. The maximum absolute atomic E-state index is 12.8. The van der Waals surface area contributed by atoms with Crippen LogP contribution in [0.15, 0.2) is 83.8 Å². The van der Waals surface area contributed by atoms with E-state index >= 15 is 0 Å². The summed E-state index contributed by atoms with van der Waals surface area (Å²) < 4.78 is 11.3. The minimum atomic E-state index is -0.520. The van der Waals surface area contributed by atoms with Gasteiger partial charge in [0.05, 0.1) is 4.91 Å². The molecule has 4 rings (SSSR count). The largest absolute Gasteiger partial charge is 0.490 e. The molecule has 1 fully saturated rings. The van der Waals surface area contributed by atoms with Gasteiger partial charge in [-0.3, -0.25) is 19.3 Å². The molecule has 3 aromatic rings. The molecule has 1 heterocycles. The summed E-state index contributed by atoms with van der Waals surface area (Å²) in [5, 5.41) is 2.68. The molecule has 9 heteroatoms. The zero-order valence-corrected chi connectivity index (χ0v) is 20.1. The van der Waals surface area contributed by atoms with E-state index < -0.39 is 17.1 Å². The second-order valence-electron chi connectivity index (χ2n) is 7.41. The van der Waals surface area contributed by atoms with E-state index in [9.17, 15) is 14.4 Å². The van der Waals surface area contributed by atoms with E-state index in [2.05, 4.69) is 5.32 Å². The average molecular weight is 509 g/mol. The lowest BCUT2D eigenvalue weighted by Gasteiger charge is -2.12. The Hall–Kier alpha value is -3.75. The Bertz CT molecular complexity index is 1250. The second-order valence-corrected chi connectivity index (χ2v) is 8.84. The Morgan fingerprint density at radius 3 is 2.34 bits per heavy atom. The zero-order chi connectivity index (χ0) is 24.6. The third-order valence-electron chi connectivity index (χ3n) is 4.82. The highest BCUT2D eigenvalue weighted by Crippen LogP contribution is 2.32. The lowest BCUT2D eigenvalue weighted by atomic mass is 10.2.